The predicted octanol–water partition coefficient (Wildman–Crippen LogP) is 22.5. The molecule has 0 spiro atoms. The molecule has 448 valence electrons. The number of allylic oxidation sites excluding steroid dienone is 22. The molecule has 0 fully saturated rings. The first-order chi connectivity index (χ1) is 39.0. The third-order valence-corrected chi connectivity index (χ3v) is 13.6. The normalized spacial score (nSPS) is 13.0. The van der Waals surface area contributed by atoms with Gasteiger partial charge >= 0.3 is 17.9 Å². The van der Waals surface area contributed by atoms with E-state index in [4.69, 9.17) is 14.2 Å². The maximum atomic E-state index is 12.9. The highest BCUT2D eigenvalue weighted by Crippen LogP contribution is 2.15. The van der Waals surface area contributed by atoms with Crippen molar-refractivity contribution >= 4 is 17.9 Å². The van der Waals surface area contributed by atoms with Gasteiger partial charge in [0, 0.05) is 19.3 Å². The molecule has 0 saturated heterocycles. The third-order valence-electron chi connectivity index (χ3n) is 13.6. The molecule has 6 nitrogen and oxygen atoms in total. The second-order valence-corrected chi connectivity index (χ2v) is 21.3. The van der Waals surface area contributed by atoms with Gasteiger partial charge in [0.25, 0.3) is 0 Å². The van der Waals surface area contributed by atoms with Crippen LogP contribution in [0.3, 0.4) is 0 Å². The van der Waals surface area contributed by atoms with E-state index in [-0.39, 0.29) is 31.1 Å². The van der Waals surface area contributed by atoms with Crippen molar-refractivity contribution in [2.45, 2.75) is 297 Å². The van der Waals surface area contributed by atoms with Gasteiger partial charge in [-0.2, -0.15) is 0 Å². The maximum absolute atomic E-state index is 12.9. The topological polar surface area (TPSA) is 78.9 Å². The van der Waals surface area contributed by atoms with E-state index in [0.29, 0.717) is 19.3 Å². The zero-order chi connectivity index (χ0) is 57.1. The molecule has 0 N–H and O–H groups in total. The summed E-state index contributed by atoms with van der Waals surface area (Å²) in [6.07, 6.45) is 93.2. The van der Waals surface area contributed by atoms with E-state index in [1.807, 2.05) is 0 Å². The van der Waals surface area contributed by atoms with Gasteiger partial charge in [-0.25, -0.2) is 0 Å². The van der Waals surface area contributed by atoms with Crippen LogP contribution >= 0.6 is 0 Å². The van der Waals surface area contributed by atoms with Gasteiger partial charge in [0.05, 0.1) is 0 Å². The highest BCUT2D eigenvalue weighted by molar-refractivity contribution is 5.71. The summed E-state index contributed by atoms with van der Waals surface area (Å²) in [4.78, 5) is 38.4. The van der Waals surface area contributed by atoms with Gasteiger partial charge in [0.2, 0.25) is 0 Å². The smallest absolute Gasteiger partial charge is 0.306 e. The highest BCUT2D eigenvalue weighted by atomic mass is 16.6. The molecule has 0 aromatic carbocycles. The van der Waals surface area contributed by atoms with E-state index >= 15 is 0 Å². The Balaban J connectivity index is 4.43. The lowest BCUT2D eigenvalue weighted by molar-refractivity contribution is -0.167. The molecule has 0 heterocycles. The molecule has 0 saturated carbocycles. The predicted molar refractivity (Wildman–Crippen MR) is 343 cm³/mol. The van der Waals surface area contributed by atoms with Crippen LogP contribution in [-0.4, -0.2) is 37.2 Å². The van der Waals surface area contributed by atoms with Gasteiger partial charge in [0.1, 0.15) is 13.2 Å². The Morgan fingerprint density at radius 3 is 0.797 bits per heavy atom. The van der Waals surface area contributed by atoms with Crippen molar-refractivity contribution in [2.75, 3.05) is 13.2 Å². The molecule has 0 aromatic rings. The van der Waals surface area contributed by atoms with E-state index < -0.39 is 6.10 Å². The average molecular weight is 1090 g/mol. The minimum absolute atomic E-state index is 0.101. The SMILES string of the molecule is CC/C=C\C/C=C\C/C=C\C/C=C\C/C=C\CCCCCCCCCC(=O)OCC(COC(=O)CCCC/C=C\C/C=C\C/C=C\C/C=C\CC)OC(=O)CCCCCCCCCCCCC/C=C\C/C=C\CCCCCCC. The molecule has 1 unspecified atom stereocenters. The number of rotatable bonds is 58. The zero-order valence-electron chi connectivity index (χ0n) is 51.3. The molecule has 0 radical (unpaired) electrons. The average Bonchev–Trinajstić information content (AvgIpc) is 3.45. The molecule has 0 rings (SSSR count). The minimum Gasteiger partial charge on any atom is -0.462 e. The zero-order valence-corrected chi connectivity index (χ0v) is 51.3. The fraction of sp³-hybridized carbons (Fsp3) is 0.658. The standard InChI is InChI=1S/C73H120O6/c1-4-7-10-13-16-19-22-25-28-30-32-34-36-38-40-42-45-48-51-54-57-60-63-66-72(75)78-69-70(68-77-71(74)65-62-59-56-53-50-47-44-27-24-21-18-15-12-9-6-3)79-73(76)67-64-61-58-55-52-49-46-43-41-39-37-35-33-31-29-26-23-20-17-14-11-8-5-2/h7,9-10,12,16,18-19,21,23,25-28,31-34,38,40,44,50,53,70H,4-6,8,11,13-15,17,20,22,24,29-30,35-37,39,41-43,45-49,51-52,54-69H2,1-3H3/b10-7-,12-9-,19-16-,21-18-,26-23-,28-25-,33-31-,34-32-,40-38-,44-27-,53-50-. The van der Waals surface area contributed by atoms with Crippen LogP contribution in [0.15, 0.2) is 134 Å². The Kier molecular flexibility index (Phi) is 62.3. The Morgan fingerprint density at radius 1 is 0.266 bits per heavy atom. The van der Waals surface area contributed by atoms with Gasteiger partial charge < -0.3 is 14.2 Å². The van der Waals surface area contributed by atoms with E-state index in [2.05, 4.69) is 154 Å². The molecular formula is C73H120O6. The third kappa shape index (κ3) is 64.3. The van der Waals surface area contributed by atoms with E-state index in [0.717, 1.165) is 128 Å². The molecule has 0 aliphatic rings. The Morgan fingerprint density at radius 2 is 0.494 bits per heavy atom. The summed E-state index contributed by atoms with van der Waals surface area (Å²) in [7, 11) is 0. The van der Waals surface area contributed by atoms with E-state index in [9.17, 15) is 14.4 Å². The Labute approximate surface area is 487 Å². The van der Waals surface area contributed by atoms with Crippen LogP contribution in [0.2, 0.25) is 0 Å². The number of carbonyl (C=O) groups is 3. The van der Waals surface area contributed by atoms with Crippen molar-refractivity contribution in [3.63, 3.8) is 0 Å². The molecule has 1 atom stereocenters. The van der Waals surface area contributed by atoms with Gasteiger partial charge in [-0.3, -0.25) is 14.4 Å². The van der Waals surface area contributed by atoms with E-state index in [1.54, 1.807) is 0 Å². The van der Waals surface area contributed by atoms with Crippen molar-refractivity contribution in [3.05, 3.63) is 134 Å². The summed E-state index contributed by atoms with van der Waals surface area (Å²) in [6, 6.07) is 0. The van der Waals surface area contributed by atoms with Crippen molar-refractivity contribution in [2.24, 2.45) is 0 Å². The molecule has 0 aliphatic carbocycles. The van der Waals surface area contributed by atoms with Crippen LogP contribution in [0.25, 0.3) is 0 Å². The molecule has 6 heteroatoms. The van der Waals surface area contributed by atoms with Gasteiger partial charge in [0.15, 0.2) is 6.10 Å². The molecule has 0 bridgehead atoms. The molecule has 79 heavy (non-hydrogen) atoms. The van der Waals surface area contributed by atoms with Gasteiger partial charge in [-0.15, -0.1) is 0 Å². The summed E-state index contributed by atoms with van der Waals surface area (Å²) in [5.41, 5.74) is 0. The largest absolute Gasteiger partial charge is 0.462 e. The Hall–Kier alpha value is -4.45. The summed E-state index contributed by atoms with van der Waals surface area (Å²) >= 11 is 0. The van der Waals surface area contributed by atoms with Crippen LogP contribution in [-0.2, 0) is 28.6 Å². The number of ether oxygens (including phenoxy) is 3. The van der Waals surface area contributed by atoms with E-state index in [1.165, 1.54) is 122 Å². The number of esters is 3. The van der Waals surface area contributed by atoms with Crippen molar-refractivity contribution < 1.29 is 28.6 Å². The second-order valence-electron chi connectivity index (χ2n) is 21.3. The molecule has 0 aromatic heterocycles. The maximum Gasteiger partial charge on any atom is 0.306 e. The Bertz CT molecular complexity index is 1680. The first-order valence-corrected chi connectivity index (χ1v) is 32.7. The van der Waals surface area contributed by atoms with Crippen molar-refractivity contribution in [3.8, 4) is 0 Å². The van der Waals surface area contributed by atoms with Crippen molar-refractivity contribution in [1.29, 1.82) is 0 Å². The number of hydrogen-bond donors (Lipinski definition) is 0. The second kappa shape index (κ2) is 66.1. The summed E-state index contributed by atoms with van der Waals surface area (Å²) < 4.78 is 16.9. The van der Waals surface area contributed by atoms with Crippen LogP contribution in [0, 0.1) is 0 Å². The van der Waals surface area contributed by atoms with Gasteiger partial charge in [-0.1, -0.05) is 270 Å². The first-order valence-electron chi connectivity index (χ1n) is 32.7. The van der Waals surface area contributed by atoms with Crippen LogP contribution in [0.4, 0.5) is 0 Å². The first kappa shape index (κ1) is 74.5. The van der Waals surface area contributed by atoms with Gasteiger partial charge in [-0.05, 0) is 135 Å². The minimum atomic E-state index is -0.808. The monoisotopic (exact) mass is 1090 g/mol. The lowest BCUT2D eigenvalue weighted by atomic mass is 10.0. The fourth-order valence-electron chi connectivity index (χ4n) is 8.79. The summed E-state index contributed by atoms with van der Waals surface area (Å²) in [5.74, 6) is -0.953. The van der Waals surface area contributed by atoms with Crippen LogP contribution in [0.5, 0.6) is 0 Å². The summed E-state index contributed by atoms with van der Waals surface area (Å²) in [5, 5.41) is 0. The number of unbranched alkanes of at least 4 members (excludes halogenated alkanes) is 25. The molecule has 0 aliphatic heterocycles. The lowest BCUT2D eigenvalue weighted by Crippen LogP contribution is -2.30. The lowest BCUT2D eigenvalue weighted by Gasteiger charge is -2.18. The number of hydrogen-bond acceptors (Lipinski definition) is 6. The molecular weight excluding hydrogens is 973 g/mol. The highest BCUT2D eigenvalue weighted by Gasteiger charge is 2.19. The quantitative estimate of drug-likeness (QED) is 0.0261. The molecule has 0 amide bonds. The van der Waals surface area contributed by atoms with Crippen molar-refractivity contribution in [1.82, 2.24) is 0 Å². The van der Waals surface area contributed by atoms with Crippen LogP contribution < -0.4 is 0 Å². The summed E-state index contributed by atoms with van der Waals surface area (Å²) in [6.45, 7) is 6.37. The number of carbonyl (C=O) groups excluding carboxylic acids is 3. The van der Waals surface area contributed by atoms with Crippen LogP contribution in [0.1, 0.15) is 290 Å². The fourth-order valence-corrected chi connectivity index (χ4v) is 8.79.